The van der Waals surface area contributed by atoms with Crippen LogP contribution in [0.25, 0.3) is 5.65 Å². The summed E-state index contributed by atoms with van der Waals surface area (Å²) >= 11 is 0. The van der Waals surface area contributed by atoms with Crippen LogP contribution in [0.15, 0.2) is 24.5 Å². The Morgan fingerprint density at radius 2 is 2.17 bits per heavy atom. The Kier molecular flexibility index (Phi) is 5.35. The molecular weight excluding hydrogens is 304 g/mol. The Morgan fingerprint density at radius 3 is 2.88 bits per heavy atom. The van der Waals surface area contributed by atoms with Crippen molar-refractivity contribution in [2.24, 2.45) is 5.92 Å². The minimum Gasteiger partial charge on any atom is -0.396 e. The number of nitrogens with one attached hydrogen (secondary N) is 2. The molecule has 0 atom stereocenters. The van der Waals surface area contributed by atoms with Gasteiger partial charge >= 0.3 is 6.03 Å². The number of fused-ring (bicyclic) bond motifs is 1. The highest BCUT2D eigenvalue weighted by atomic mass is 16.3. The maximum absolute atomic E-state index is 12.0. The lowest BCUT2D eigenvalue weighted by Crippen LogP contribution is -2.44. The first kappa shape index (κ1) is 16.8. The van der Waals surface area contributed by atoms with Gasteiger partial charge in [-0.05, 0) is 50.2 Å². The van der Waals surface area contributed by atoms with Gasteiger partial charge in [0.2, 0.25) is 0 Å². The average Bonchev–Trinajstić information content (AvgIpc) is 3.00. The van der Waals surface area contributed by atoms with E-state index in [1.54, 1.807) is 0 Å². The third-order valence-electron chi connectivity index (χ3n) is 4.83. The summed E-state index contributed by atoms with van der Waals surface area (Å²) in [6.07, 6.45) is 8.59. The molecular formula is C18H26N4O2. The van der Waals surface area contributed by atoms with E-state index in [9.17, 15) is 4.79 Å². The van der Waals surface area contributed by atoms with E-state index in [2.05, 4.69) is 15.6 Å². The van der Waals surface area contributed by atoms with Crippen LogP contribution in [0.2, 0.25) is 0 Å². The standard InChI is InChI=1S/C18H26N4O2/c1-13-3-2-10-22-11-16(20-17(13)22)8-9-19-18(24)21-15-6-4-14(12-23)5-7-15/h2-3,10-11,14-15,23H,4-9,12H2,1H3,(H2,19,21,24). The third-order valence-corrected chi connectivity index (χ3v) is 4.83. The molecule has 3 N–H and O–H groups in total. The molecule has 0 unspecified atom stereocenters. The third kappa shape index (κ3) is 4.06. The number of carbonyl (C=O) groups excluding carboxylic acids is 1. The van der Waals surface area contributed by atoms with Crippen molar-refractivity contribution in [1.82, 2.24) is 20.0 Å². The maximum Gasteiger partial charge on any atom is 0.315 e. The Bertz CT molecular complexity index is 689. The zero-order valence-electron chi connectivity index (χ0n) is 14.2. The van der Waals surface area contributed by atoms with Crippen molar-refractivity contribution in [2.75, 3.05) is 13.2 Å². The normalized spacial score (nSPS) is 20.9. The van der Waals surface area contributed by atoms with E-state index < -0.39 is 0 Å². The number of aromatic nitrogens is 2. The van der Waals surface area contributed by atoms with Gasteiger partial charge in [0.25, 0.3) is 0 Å². The van der Waals surface area contributed by atoms with Crippen molar-refractivity contribution in [3.8, 4) is 0 Å². The number of carbonyl (C=O) groups is 1. The van der Waals surface area contributed by atoms with Crippen molar-refractivity contribution < 1.29 is 9.90 Å². The minimum absolute atomic E-state index is 0.109. The molecule has 2 amide bonds. The molecule has 1 aliphatic carbocycles. The molecule has 2 heterocycles. The summed E-state index contributed by atoms with van der Waals surface area (Å²) in [6, 6.07) is 4.17. The molecule has 6 heteroatoms. The number of aliphatic hydroxyl groups excluding tert-OH is 1. The van der Waals surface area contributed by atoms with Crippen molar-refractivity contribution in [3.63, 3.8) is 0 Å². The van der Waals surface area contributed by atoms with E-state index in [1.807, 2.05) is 35.9 Å². The minimum atomic E-state index is -0.109. The first-order valence-electron chi connectivity index (χ1n) is 8.74. The Balaban J connectivity index is 1.42. The number of hydrogen-bond acceptors (Lipinski definition) is 3. The van der Waals surface area contributed by atoms with Gasteiger partial charge in [-0.2, -0.15) is 0 Å². The van der Waals surface area contributed by atoms with Crippen molar-refractivity contribution in [2.45, 2.75) is 45.1 Å². The van der Waals surface area contributed by atoms with E-state index in [0.29, 0.717) is 18.9 Å². The first-order valence-corrected chi connectivity index (χ1v) is 8.74. The van der Waals surface area contributed by atoms with Crippen LogP contribution in [0.1, 0.15) is 36.9 Å². The van der Waals surface area contributed by atoms with Crippen molar-refractivity contribution >= 4 is 11.7 Å². The summed E-state index contributed by atoms with van der Waals surface area (Å²) in [4.78, 5) is 16.6. The summed E-state index contributed by atoms with van der Waals surface area (Å²) in [5, 5.41) is 15.1. The maximum atomic E-state index is 12.0. The second-order valence-electron chi connectivity index (χ2n) is 6.70. The lowest BCUT2D eigenvalue weighted by atomic mass is 9.87. The first-order chi connectivity index (χ1) is 11.7. The summed E-state index contributed by atoms with van der Waals surface area (Å²) in [5.74, 6) is 0.407. The molecule has 24 heavy (non-hydrogen) atoms. The molecule has 2 aromatic rings. The van der Waals surface area contributed by atoms with Gasteiger partial charge in [0.1, 0.15) is 5.65 Å². The lowest BCUT2D eigenvalue weighted by molar-refractivity contribution is 0.174. The quantitative estimate of drug-likeness (QED) is 0.785. The van der Waals surface area contributed by atoms with E-state index in [1.165, 1.54) is 0 Å². The molecule has 1 aliphatic rings. The molecule has 0 aromatic carbocycles. The van der Waals surface area contributed by atoms with Crippen LogP contribution in [0.4, 0.5) is 4.79 Å². The van der Waals surface area contributed by atoms with Gasteiger partial charge in [-0.25, -0.2) is 9.78 Å². The number of aryl methyl sites for hydroxylation is 1. The second kappa shape index (κ2) is 7.66. The van der Waals surface area contributed by atoms with Crippen molar-refractivity contribution in [1.29, 1.82) is 0 Å². The highest BCUT2D eigenvalue weighted by Gasteiger charge is 2.21. The molecule has 0 spiro atoms. The molecule has 0 saturated heterocycles. The van der Waals surface area contributed by atoms with E-state index >= 15 is 0 Å². The highest BCUT2D eigenvalue weighted by molar-refractivity contribution is 5.74. The van der Waals surface area contributed by atoms with Gasteiger partial charge in [-0.1, -0.05) is 6.07 Å². The Hall–Kier alpha value is -2.08. The summed E-state index contributed by atoms with van der Waals surface area (Å²) < 4.78 is 2.02. The van der Waals surface area contributed by atoms with Gasteiger partial charge in [-0.15, -0.1) is 0 Å². The van der Waals surface area contributed by atoms with Gasteiger partial charge in [0.15, 0.2) is 0 Å². The molecule has 130 valence electrons. The van der Waals surface area contributed by atoms with E-state index in [-0.39, 0.29) is 18.7 Å². The fraction of sp³-hybridized carbons (Fsp3) is 0.556. The summed E-state index contributed by atoms with van der Waals surface area (Å²) in [6.45, 7) is 2.88. The van der Waals surface area contributed by atoms with Crippen LogP contribution in [0, 0.1) is 12.8 Å². The molecule has 1 fully saturated rings. The number of urea groups is 1. The number of aliphatic hydroxyl groups is 1. The Morgan fingerprint density at radius 1 is 1.38 bits per heavy atom. The van der Waals surface area contributed by atoms with Crippen LogP contribution >= 0.6 is 0 Å². The number of pyridine rings is 1. The predicted octanol–water partition coefficient (Wildman–Crippen LogP) is 2.04. The van der Waals surface area contributed by atoms with Crippen LogP contribution in [0.3, 0.4) is 0 Å². The molecule has 6 nitrogen and oxygen atoms in total. The second-order valence-corrected chi connectivity index (χ2v) is 6.70. The fourth-order valence-electron chi connectivity index (χ4n) is 3.35. The van der Waals surface area contributed by atoms with Gasteiger partial charge in [0.05, 0.1) is 5.69 Å². The van der Waals surface area contributed by atoms with Gasteiger partial charge in [-0.3, -0.25) is 0 Å². The number of nitrogens with zero attached hydrogens (tertiary/aromatic N) is 2. The monoisotopic (exact) mass is 330 g/mol. The number of rotatable bonds is 5. The highest BCUT2D eigenvalue weighted by Crippen LogP contribution is 2.23. The van der Waals surface area contributed by atoms with Gasteiger partial charge in [0, 0.05) is 38.0 Å². The molecule has 0 bridgehead atoms. The summed E-state index contributed by atoms with van der Waals surface area (Å²) in [7, 11) is 0. The zero-order valence-corrected chi connectivity index (χ0v) is 14.2. The number of imidazole rings is 1. The van der Waals surface area contributed by atoms with Crippen LogP contribution in [-0.4, -0.2) is 39.7 Å². The largest absolute Gasteiger partial charge is 0.396 e. The Labute approximate surface area is 142 Å². The molecule has 3 rings (SSSR count). The number of amides is 2. The molecule has 1 saturated carbocycles. The zero-order chi connectivity index (χ0) is 16.9. The predicted molar refractivity (Wildman–Crippen MR) is 93.0 cm³/mol. The summed E-state index contributed by atoms with van der Waals surface area (Å²) in [5.41, 5.74) is 3.10. The lowest BCUT2D eigenvalue weighted by Gasteiger charge is -2.27. The molecule has 2 aromatic heterocycles. The van der Waals surface area contributed by atoms with Crippen LogP contribution in [0.5, 0.6) is 0 Å². The topological polar surface area (TPSA) is 78.7 Å². The van der Waals surface area contributed by atoms with Gasteiger partial charge < -0.3 is 20.1 Å². The molecule has 0 radical (unpaired) electrons. The van der Waals surface area contributed by atoms with Crippen molar-refractivity contribution in [3.05, 3.63) is 35.8 Å². The number of hydrogen-bond donors (Lipinski definition) is 3. The van der Waals surface area contributed by atoms with E-state index in [0.717, 1.165) is 42.6 Å². The fourth-order valence-corrected chi connectivity index (χ4v) is 3.35. The average molecular weight is 330 g/mol. The molecule has 0 aliphatic heterocycles. The smallest absolute Gasteiger partial charge is 0.315 e. The van der Waals surface area contributed by atoms with E-state index in [4.69, 9.17) is 5.11 Å². The van der Waals surface area contributed by atoms with Crippen LogP contribution in [-0.2, 0) is 6.42 Å². The van der Waals surface area contributed by atoms with Crippen LogP contribution < -0.4 is 10.6 Å². The SMILES string of the molecule is Cc1cccn2cc(CCNC(=O)NC3CCC(CO)CC3)nc12.